The van der Waals surface area contributed by atoms with Crippen LogP contribution in [0.3, 0.4) is 0 Å². The van der Waals surface area contributed by atoms with E-state index in [4.69, 9.17) is 0 Å². The number of benzene rings is 8. The molecule has 0 atom stereocenters. The Hall–Kier alpha value is -6.24. The van der Waals surface area contributed by atoms with E-state index < -0.39 is 0 Å². The highest BCUT2D eigenvalue weighted by Gasteiger charge is 2.08. The maximum Gasteiger partial charge on any atom is -0.0149 e. The summed E-state index contributed by atoms with van der Waals surface area (Å²) >= 11 is 0. The molecule has 0 saturated heterocycles. The van der Waals surface area contributed by atoms with Crippen molar-refractivity contribution in [2.24, 2.45) is 0 Å². The molecule has 0 fully saturated rings. The standard InChI is InChI=1S/C26H22.C13H12.C12H10/c1-19-13-15-23(17-25(19)21-9-5-3-6-10-21)24-16-14-20(2)26(18-24)22-11-7-4-8-12-22;1-11-7-9-13(10-8-11)12-5-3-2-4-6-12;1-3-7-11(8-4-1)12-9-5-2-6-10-12/h3-18H,1-2H3;2-10H,1H3;1-10H. The van der Waals surface area contributed by atoms with Gasteiger partial charge in [0.15, 0.2) is 0 Å². The molecule has 0 radical (unpaired) electrons. The van der Waals surface area contributed by atoms with Gasteiger partial charge in [0.1, 0.15) is 0 Å². The van der Waals surface area contributed by atoms with Crippen molar-refractivity contribution >= 4 is 0 Å². The average molecular weight is 657 g/mol. The minimum Gasteiger partial charge on any atom is -0.0622 e. The Morgan fingerprint density at radius 3 is 0.784 bits per heavy atom. The van der Waals surface area contributed by atoms with E-state index in [0.717, 1.165) is 0 Å². The summed E-state index contributed by atoms with van der Waals surface area (Å²) < 4.78 is 0. The minimum atomic E-state index is 1.26. The fourth-order valence-corrected chi connectivity index (χ4v) is 6.10. The summed E-state index contributed by atoms with van der Waals surface area (Å²) in [6, 6.07) is 74.5. The molecule has 0 heteroatoms. The summed E-state index contributed by atoms with van der Waals surface area (Å²) in [5.41, 5.74) is 16.7. The third-order valence-corrected chi connectivity index (χ3v) is 9.02. The zero-order chi connectivity index (χ0) is 35.3. The molecule has 8 rings (SSSR count). The molecule has 0 amide bonds. The van der Waals surface area contributed by atoms with Gasteiger partial charge in [-0.25, -0.2) is 0 Å². The third-order valence-electron chi connectivity index (χ3n) is 9.02. The largest absolute Gasteiger partial charge is 0.0622 e. The molecule has 0 unspecified atom stereocenters. The average Bonchev–Trinajstić information content (AvgIpc) is 3.21. The molecule has 0 aromatic heterocycles. The second-order valence-electron chi connectivity index (χ2n) is 12.8. The van der Waals surface area contributed by atoms with Crippen molar-refractivity contribution in [2.75, 3.05) is 0 Å². The van der Waals surface area contributed by atoms with E-state index in [9.17, 15) is 0 Å². The van der Waals surface area contributed by atoms with Gasteiger partial charge in [-0.3, -0.25) is 0 Å². The second-order valence-corrected chi connectivity index (χ2v) is 12.8. The fourth-order valence-electron chi connectivity index (χ4n) is 6.10. The van der Waals surface area contributed by atoms with Gasteiger partial charge >= 0.3 is 0 Å². The SMILES string of the molecule is Cc1ccc(-c2ccc(C)c(-c3ccccc3)c2)cc1-c1ccccc1.Cc1ccc(-c2ccccc2)cc1.c1ccc(-c2ccccc2)cc1. The zero-order valence-corrected chi connectivity index (χ0v) is 29.7. The molecule has 0 saturated carbocycles. The smallest absolute Gasteiger partial charge is 0.0149 e. The predicted molar refractivity (Wildman–Crippen MR) is 221 cm³/mol. The summed E-state index contributed by atoms with van der Waals surface area (Å²) in [6.45, 7) is 6.46. The molecule has 0 spiro atoms. The molecule has 248 valence electrons. The van der Waals surface area contributed by atoms with Crippen LogP contribution in [0.1, 0.15) is 16.7 Å². The van der Waals surface area contributed by atoms with E-state index in [0.29, 0.717) is 0 Å². The van der Waals surface area contributed by atoms with Crippen LogP contribution in [-0.2, 0) is 0 Å². The van der Waals surface area contributed by atoms with Gasteiger partial charge in [-0.2, -0.15) is 0 Å². The Bertz CT molecular complexity index is 2090. The molecule has 8 aromatic rings. The Morgan fingerprint density at radius 2 is 0.471 bits per heavy atom. The summed E-state index contributed by atoms with van der Waals surface area (Å²) in [7, 11) is 0. The maximum atomic E-state index is 2.31. The Morgan fingerprint density at radius 1 is 0.216 bits per heavy atom. The summed E-state index contributed by atoms with van der Waals surface area (Å²) in [5, 5.41) is 0. The lowest BCUT2D eigenvalue weighted by Crippen LogP contribution is -1.88. The lowest BCUT2D eigenvalue weighted by atomic mass is 9.92. The van der Waals surface area contributed by atoms with Crippen molar-refractivity contribution in [1.29, 1.82) is 0 Å². The van der Waals surface area contributed by atoms with Crippen molar-refractivity contribution in [1.82, 2.24) is 0 Å². The first kappa shape index (κ1) is 34.6. The first-order valence-electron chi connectivity index (χ1n) is 17.6. The van der Waals surface area contributed by atoms with Crippen LogP contribution < -0.4 is 0 Å². The first-order valence-corrected chi connectivity index (χ1v) is 17.6. The quantitative estimate of drug-likeness (QED) is 0.173. The van der Waals surface area contributed by atoms with Crippen molar-refractivity contribution in [3.05, 3.63) is 229 Å². The molecule has 0 N–H and O–H groups in total. The molecule has 0 aliphatic carbocycles. The van der Waals surface area contributed by atoms with Crippen LogP contribution in [0, 0.1) is 20.8 Å². The van der Waals surface area contributed by atoms with E-state index in [-0.39, 0.29) is 0 Å². The van der Waals surface area contributed by atoms with Gasteiger partial charge in [-0.15, -0.1) is 0 Å². The lowest BCUT2D eigenvalue weighted by molar-refractivity contribution is 1.43. The molecule has 0 aliphatic heterocycles. The second kappa shape index (κ2) is 17.4. The van der Waals surface area contributed by atoms with Crippen LogP contribution in [0.25, 0.3) is 55.6 Å². The van der Waals surface area contributed by atoms with Crippen LogP contribution in [-0.4, -0.2) is 0 Å². The van der Waals surface area contributed by atoms with Gasteiger partial charge in [0.25, 0.3) is 0 Å². The number of rotatable bonds is 5. The van der Waals surface area contributed by atoms with Gasteiger partial charge in [0, 0.05) is 0 Å². The molecule has 0 aliphatic rings. The van der Waals surface area contributed by atoms with E-state index in [1.54, 1.807) is 0 Å². The molecule has 0 bridgehead atoms. The van der Waals surface area contributed by atoms with E-state index in [2.05, 4.69) is 215 Å². The zero-order valence-electron chi connectivity index (χ0n) is 29.7. The van der Waals surface area contributed by atoms with Gasteiger partial charge in [-0.1, -0.05) is 206 Å². The number of aryl methyl sites for hydroxylation is 3. The lowest BCUT2D eigenvalue weighted by Gasteiger charge is -2.12. The highest BCUT2D eigenvalue weighted by atomic mass is 14.1. The molecule has 0 heterocycles. The van der Waals surface area contributed by atoms with Crippen molar-refractivity contribution in [3.8, 4) is 55.6 Å². The third kappa shape index (κ3) is 9.47. The van der Waals surface area contributed by atoms with Crippen LogP contribution in [0.4, 0.5) is 0 Å². The molecule has 8 aromatic carbocycles. The van der Waals surface area contributed by atoms with E-state index in [1.165, 1.54) is 72.3 Å². The fraction of sp³-hybridized carbons (Fsp3) is 0.0588. The normalized spacial score (nSPS) is 10.3. The number of hydrogen-bond acceptors (Lipinski definition) is 0. The predicted octanol–water partition coefficient (Wildman–Crippen LogP) is 14.3. The monoisotopic (exact) mass is 656 g/mol. The summed E-state index contributed by atoms with van der Waals surface area (Å²) in [5.74, 6) is 0. The number of hydrogen-bond donors (Lipinski definition) is 0. The van der Waals surface area contributed by atoms with Gasteiger partial charge in [-0.05, 0) is 99.7 Å². The summed E-state index contributed by atoms with van der Waals surface area (Å²) in [4.78, 5) is 0. The highest BCUT2D eigenvalue weighted by Crippen LogP contribution is 2.33. The Labute approximate surface area is 304 Å². The van der Waals surface area contributed by atoms with Gasteiger partial charge in [0.2, 0.25) is 0 Å². The topological polar surface area (TPSA) is 0 Å². The van der Waals surface area contributed by atoms with Crippen LogP contribution in [0.2, 0.25) is 0 Å². The van der Waals surface area contributed by atoms with Crippen LogP contribution in [0.15, 0.2) is 212 Å². The van der Waals surface area contributed by atoms with E-state index in [1.807, 2.05) is 18.2 Å². The summed E-state index contributed by atoms with van der Waals surface area (Å²) in [6.07, 6.45) is 0. The Kier molecular flexibility index (Phi) is 11.8. The van der Waals surface area contributed by atoms with Crippen LogP contribution in [0.5, 0.6) is 0 Å². The van der Waals surface area contributed by atoms with E-state index >= 15 is 0 Å². The molecular weight excluding hydrogens is 613 g/mol. The first-order chi connectivity index (χ1) is 25.0. The Balaban J connectivity index is 0.000000149. The maximum absolute atomic E-state index is 2.31. The minimum absolute atomic E-state index is 1.26. The van der Waals surface area contributed by atoms with Crippen molar-refractivity contribution < 1.29 is 0 Å². The molecule has 0 nitrogen and oxygen atoms in total. The molecular formula is C51H44. The van der Waals surface area contributed by atoms with Crippen molar-refractivity contribution in [3.63, 3.8) is 0 Å². The van der Waals surface area contributed by atoms with Gasteiger partial charge in [0.05, 0.1) is 0 Å². The van der Waals surface area contributed by atoms with Crippen LogP contribution >= 0.6 is 0 Å². The van der Waals surface area contributed by atoms with Crippen molar-refractivity contribution in [2.45, 2.75) is 20.8 Å². The highest BCUT2D eigenvalue weighted by molar-refractivity contribution is 5.79. The van der Waals surface area contributed by atoms with Gasteiger partial charge < -0.3 is 0 Å². The molecule has 51 heavy (non-hydrogen) atoms.